The van der Waals surface area contributed by atoms with Crippen LogP contribution in [0.15, 0.2) is 0 Å². The van der Waals surface area contributed by atoms with Gasteiger partial charge in [-0.2, -0.15) is 0 Å². The quantitative estimate of drug-likeness (QED) is 0.565. The summed E-state index contributed by atoms with van der Waals surface area (Å²) in [7, 11) is 1.97. The van der Waals surface area contributed by atoms with Crippen molar-refractivity contribution in [1.29, 1.82) is 0 Å². The van der Waals surface area contributed by atoms with E-state index in [-0.39, 0.29) is 0 Å². The fourth-order valence-electron chi connectivity index (χ4n) is 0.946. The van der Waals surface area contributed by atoms with Gasteiger partial charge in [-0.3, -0.25) is 0 Å². The molecule has 60 valence electrons. The third kappa shape index (κ3) is 4.83. The minimum atomic E-state index is 0.456. The number of hydrogen-bond acceptors (Lipinski definition) is 2. The maximum atomic E-state index is 5.45. The molecule has 0 aliphatic rings. The molecule has 0 amide bonds. The van der Waals surface area contributed by atoms with Crippen LogP contribution in [0.3, 0.4) is 0 Å². The van der Waals surface area contributed by atoms with Gasteiger partial charge < -0.3 is 9.97 Å². The largest absolute Gasteiger partial charge is 0.436 e. The van der Waals surface area contributed by atoms with E-state index in [1.165, 1.54) is 0 Å². The van der Waals surface area contributed by atoms with Crippen LogP contribution in [0.4, 0.5) is 0 Å². The first-order chi connectivity index (χ1) is 4.85. The van der Waals surface area contributed by atoms with E-state index in [1.54, 1.807) is 0 Å². The molecule has 0 saturated carbocycles. The van der Waals surface area contributed by atoms with Crippen molar-refractivity contribution in [1.82, 2.24) is 5.32 Å². The zero-order valence-electron chi connectivity index (χ0n) is 7.31. The van der Waals surface area contributed by atoms with Crippen molar-refractivity contribution in [2.45, 2.75) is 26.5 Å². The van der Waals surface area contributed by atoms with Crippen molar-refractivity contribution in [2.75, 3.05) is 20.2 Å². The van der Waals surface area contributed by atoms with Crippen LogP contribution >= 0.6 is 0 Å². The molecule has 0 saturated heterocycles. The molecule has 0 radical (unpaired) electrons. The molecule has 0 aliphatic carbocycles. The Morgan fingerprint density at radius 1 is 1.40 bits per heavy atom. The van der Waals surface area contributed by atoms with Gasteiger partial charge >= 0.3 is 0 Å². The molecule has 3 heteroatoms. The normalized spacial score (nSPS) is 9.90. The maximum Gasteiger partial charge on any atom is 0.294 e. The summed E-state index contributed by atoms with van der Waals surface area (Å²) in [4.78, 5) is 0. The fourth-order valence-corrected chi connectivity index (χ4v) is 0.946. The summed E-state index contributed by atoms with van der Waals surface area (Å²) in [5.41, 5.74) is 0. The van der Waals surface area contributed by atoms with Gasteiger partial charge in [-0.05, 0) is 26.8 Å². The molecule has 0 fully saturated rings. The highest BCUT2D eigenvalue weighted by molar-refractivity contribution is 6.51. The minimum Gasteiger partial charge on any atom is -0.436 e. The van der Waals surface area contributed by atoms with Crippen molar-refractivity contribution >= 4 is 6.92 Å². The lowest BCUT2D eigenvalue weighted by molar-refractivity contribution is 0.341. The van der Waals surface area contributed by atoms with Crippen LogP contribution < -0.4 is 5.32 Å². The average molecular weight is 143 g/mol. The van der Waals surface area contributed by atoms with E-state index >= 15 is 0 Å². The van der Waals surface area contributed by atoms with Gasteiger partial charge in [-0.25, -0.2) is 0 Å². The van der Waals surface area contributed by atoms with Crippen LogP contribution in [0.25, 0.3) is 0 Å². The van der Waals surface area contributed by atoms with Crippen LogP contribution in [0, 0.1) is 0 Å². The van der Waals surface area contributed by atoms with Gasteiger partial charge in [0, 0.05) is 6.61 Å². The summed E-state index contributed by atoms with van der Waals surface area (Å²) in [6.07, 6.45) is 2.25. The SMILES string of the molecule is CCOB(CC)CCNC. The van der Waals surface area contributed by atoms with E-state index in [0.29, 0.717) is 6.92 Å². The summed E-state index contributed by atoms with van der Waals surface area (Å²) in [6.45, 7) is 6.55. The summed E-state index contributed by atoms with van der Waals surface area (Å²) >= 11 is 0. The molecular weight excluding hydrogens is 125 g/mol. The Morgan fingerprint density at radius 2 is 2.10 bits per heavy atom. The molecule has 0 bridgehead atoms. The highest BCUT2D eigenvalue weighted by atomic mass is 16.4. The molecule has 0 aliphatic heterocycles. The van der Waals surface area contributed by atoms with Crippen LogP contribution in [-0.2, 0) is 4.65 Å². The Morgan fingerprint density at radius 3 is 2.50 bits per heavy atom. The summed E-state index contributed by atoms with van der Waals surface area (Å²) in [5, 5.41) is 3.11. The lowest BCUT2D eigenvalue weighted by Gasteiger charge is -2.09. The molecular formula is C7H18BNO. The van der Waals surface area contributed by atoms with Gasteiger partial charge in [-0.1, -0.05) is 13.2 Å². The fraction of sp³-hybridized carbons (Fsp3) is 1.00. The van der Waals surface area contributed by atoms with E-state index in [2.05, 4.69) is 12.2 Å². The zero-order chi connectivity index (χ0) is 7.82. The van der Waals surface area contributed by atoms with Crippen LogP contribution in [0.1, 0.15) is 13.8 Å². The van der Waals surface area contributed by atoms with Crippen molar-refractivity contribution in [3.63, 3.8) is 0 Å². The van der Waals surface area contributed by atoms with Gasteiger partial charge in [0.25, 0.3) is 6.92 Å². The second-order valence-corrected chi connectivity index (χ2v) is 2.38. The van der Waals surface area contributed by atoms with Crippen molar-refractivity contribution < 1.29 is 4.65 Å². The maximum absolute atomic E-state index is 5.45. The third-order valence-electron chi connectivity index (χ3n) is 1.57. The third-order valence-corrected chi connectivity index (χ3v) is 1.57. The second-order valence-electron chi connectivity index (χ2n) is 2.38. The van der Waals surface area contributed by atoms with Gasteiger partial charge in [0.05, 0.1) is 0 Å². The Bertz CT molecular complexity index is 70.6. The zero-order valence-corrected chi connectivity index (χ0v) is 7.31. The summed E-state index contributed by atoms with van der Waals surface area (Å²) < 4.78 is 5.45. The molecule has 0 spiro atoms. The van der Waals surface area contributed by atoms with Crippen molar-refractivity contribution in [3.05, 3.63) is 0 Å². The topological polar surface area (TPSA) is 21.3 Å². The van der Waals surface area contributed by atoms with Gasteiger partial charge in [0.15, 0.2) is 0 Å². The first-order valence-electron chi connectivity index (χ1n) is 4.11. The molecule has 0 unspecified atom stereocenters. The highest BCUT2D eigenvalue weighted by Gasteiger charge is 2.09. The standard InChI is InChI=1S/C7H18BNO/c1-4-8(10-5-2)6-7-9-3/h9H,4-7H2,1-3H3. The van der Waals surface area contributed by atoms with Gasteiger partial charge in [-0.15, -0.1) is 0 Å². The van der Waals surface area contributed by atoms with Crippen LogP contribution in [0.2, 0.25) is 12.6 Å². The Kier molecular flexibility index (Phi) is 7.09. The smallest absolute Gasteiger partial charge is 0.294 e. The predicted octanol–water partition coefficient (Wildman–Crippen LogP) is 1.25. The van der Waals surface area contributed by atoms with E-state index in [4.69, 9.17) is 4.65 Å². The molecule has 0 aromatic rings. The lowest BCUT2D eigenvalue weighted by Crippen LogP contribution is -2.22. The van der Waals surface area contributed by atoms with Crippen LogP contribution in [0.5, 0.6) is 0 Å². The molecule has 0 atom stereocenters. The average Bonchev–Trinajstić information content (AvgIpc) is 1.98. The molecule has 0 aromatic heterocycles. The summed E-state index contributed by atoms with van der Waals surface area (Å²) in [5.74, 6) is 0. The van der Waals surface area contributed by atoms with Gasteiger partial charge in [0.1, 0.15) is 0 Å². The lowest BCUT2D eigenvalue weighted by atomic mass is 9.62. The van der Waals surface area contributed by atoms with E-state index in [9.17, 15) is 0 Å². The molecule has 2 nitrogen and oxygen atoms in total. The van der Waals surface area contributed by atoms with E-state index in [1.807, 2.05) is 14.0 Å². The minimum absolute atomic E-state index is 0.456. The number of hydrogen-bond donors (Lipinski definition) is 1. The monoisotopic (exact) mass is 143 g/mol. The first-order valence-corrected chi connectivity index (χ1v) is 4.11. The Hall–Kier alpha value is -0.0151. The number of rotatable bonds is 6. The predicted molar refractivity (Wildman–Crippen MR) is 46.6 cm³/mol. The molecule has 0 rings (SSSR count). The van der Waals surface area contributed by atoms with Crippen molar-refractivity contribution in [3.8, 4) is 0 Å². The highest BCUT2D eigenvalue weighted by Crippen LogP contribution is 1.98. The number of nitrogens with one attached hydrogen (secondary N) is 1. The Labute approximate surface area is 64.5 Å². The molecule has 0 heterocycles. The van der Waals surface area contributed by atoms with Crippen molar-refractivity contribution in [2.24, 2.45) is 0 Å². The van der Waals surface area contributed by atoms with E-state index < -0.39 is 0 Å². The van der Waals surface area contributed by atoms with E-state index in [0.717, 1.165) is 25.8 Å². The molecule has 0 aromatic carbocycles. The first kappa shape index (κ1) is 9.98. The van der Waals surface area contributed by atoms with Crippen LogP contribution in [-0.4, -0.2) is 27.1 Å². The summed E-state index contributed by atoms with van der Waals surface area (Å²) in [6, 6.07) is 0. The van der Waals surface area contributed by atoms with Gasteiger partial charge in [0.2, 0.25) is 0 Å². The molecule has 10 heavy (non-hydrogen) atoms. The molecule has 1 N–H and O–H groups in total. The second kappa shape index (κ2) is 7.10. The Balaban J connectivity index is 3.21.